The van der Waals surface area contributed by atoms with Crippen molar-refractivity contribution < 1.29 is 19.2 Å². The van der Waals surface area contributed by atoms with Gasteiger partial charge in [-0.2, -0.15) is 0 Å². The van der Waals surface area contributed by atoms with Crippen molar-refractivity contribution in [3.63, 3.8) is 0 Å². The van der Waals surface area contributed by atoms with E-state index in [1.807, 2.05) is 13.1 Å². The Morgan fingerprint density at radius 1 is 1.19 bits per heavy atom. The summed E-state index contributed by atoms with van der Waals surface area (Å²) in [6.07, 6.45) is 0.271. The Balaban J connectivity index is 1.78. The van der Waals surface area contributed by atoms with Gasteiger partial charge in [-0.05, 0) is 44.1 Å². The Morgan fingerprint density at radius 3 is 2.67 bits per heavy atom. The second-order valence-corrected chi connectivity index (χ2v) is 7.08. The average molecular weight is 372 g/mol. The Morgan fingerprint density at radius 2 is 1.96 bits per heavy atom. The first kappa shape index (κ1) is 19.2. The number of hydrogen-bond donors (Lipinski definition) is 3. The highest BCUT2D eigenvalue weighted by molar-refractivity contribution is 6.24. The SMILES string of the molecule is CNCC(C)CNCc1cccc2c1C(=O)N(C1CCC(=O)NC1=O)C2=O. The predicted octanol–water partition coefficient (Wildman–Crippen LogP) is 0.0329. The molecule has 27 heavy (non-hydrogen) atoms. The fourth-order valence-electron chi connectivity index (χ4n) is 3.61. The molecule has 3 N–H and O–H groups in total. The molecule has 0 saturated carbocycles. The molecule has 2 atom stereocenters. The van der Waals surface area contributed by atoms with E-state index in [2.05, 4.69) is 22.9 Å². The molecule has 1 aromatic rings. The zero-order chi connectivity index (χ0) is 19.6. The van der Waals surface area contributed by atoms with E-state index in [-0.39, 0.29) is 18.7 Å². The number of rotatable bonds is 7. The van der Waals surface area contributed by atoms with Gasteiger partial charge in [0.2, 0.25) is 11.8 Å². The number of nitrogens with one attached hydrogen (secondary N) is 3. The Labute approximate surface area is 157 Å². The molecule has 2 aliphatic rings. The van der Waals surface area contributed by atoms with Gasteiger partial charge in [0.25, 0.3) is 11.8 Å². The van der Waals surface area contributed by atoms with E-state index in [4.69, 9.17) is 0 Å². The quantitative estimate of drug-likeness (QED) is 0.583. The maximum Gasteiger partial charge on any atom is 0.262 e. The van der Waals surface area contributed by atoms with Crippen LogP contribution >= 0.6 is 0 Å². The fourth-order valence-corrected chi connectivity index (χ4v) is 3.61. The highest BCUT2D eigenvalue weighted by Crippen LogP contribution is 2.29. The topological polar surface area (TPSA) is 108 Å². The van der Waals surface area contributed by atoms with Crippen LogP contribution in [0.5, 0.6) is 0 Å². The summed E-state index contributed by atoms with van der Waals surface area (Å²) in [7, 11) is 1.90. The van der Waals surface area contributed by atoms with E-state index >= 15 is 0 Å². The minimum absolute atomic E-state index is 0.113. The van der Waals surface area contributed by atoms with Crippen molar-refractivity contribution in [2.24, 2.45) is 5.92 Å². The van der Waals surface area contributed by atoms with Crippen molar-refractivity contribution in [3.05, 3.63) is 34.9 Å². The largest absolute Gasteiger partial charge is 0.319 e. The minimum Gasteiger partial charge on any atom is -0.319 e. The van der Waals surface area contributed by atoms with Crippen LogP contribution in [0.4, 0.5) is 0 Å². The molecule has 0 radical (unpaired) electrons. The number of carbonyl (C=O) groups is 4. The second kappa shape index (κ2) is 7.98. The zero-order valence-corrected chi connectivity index (χ0v) is 15.5. The lowest BCUT2D eigenvalue weighted by Crippen LogP contribution is -2.54. The summed E-state index contributed by atoms with van der Waals surface area (Å²) in [5, 5.41) is 8.63. The van der Waals surface area contributed by atoms with E-state index < -0.39 is 23.8 Å². The molecule has 2 unspecified atom stereocenters. The molecule has 3 rings (SSSR count). The van der Waals surface area contributed by atoms with E-state index in [1.54, 1.807) is 12.1 Å². The third kappa shape index (κ3) is 3.77. The van der Waals surface area contributed by atoms with Crippen LogP contribution in [-0.4, -0.2) is 54.7 Å². The van der Waals surface area contributed by atoms with Crippen molar-refractivity contribution in [1.82, 2.24) is 20.9 Å². The van der Waals surface area contributed by atoms with Crippen LogP contribution in [0, 0.1) is 5.92 Å². The standard InChI is InChI=1S/C19H24N4O4/c1-11(8-20-2)9-21-10-12-4-3-5-13-16(12)19(27)23(18(13)26)14-6-7-15(24)22-17(14)25/h3-5,11,14,20-21H,6-10H2,1-2H3,(H,22,24,25). The zero-order valence-electron chi connectivity index (χ0n) is 15.5. The monoisotopic (exact) mass is 372 g/mol. The Kier molecular flexibility index (Phi) is 5.67. The maximum atomic E-state index is 13.0. The van der Waals surface area contributed by atoms with E-state index in [0.717, 1.165) is 23.6 Å². The first-order chi connectivity index (χ1) is 12.9. The molecule has 144 valence electrons. The molecule has 2 aliphatic heterocycles. The number of benzene rings is 1. The van der Waals surface area contributed by atoms with Crippen LogP contribution in [0.1, 0.15) is 46.0 Å². The second-order valence-electron chi connectivity index (χ2n) is 7.08. The molecular weight excluding hydrogens is 348 g/mol. The van der Waals surface area contributed by atoms with Gasteiger partial charge in [-0.15, -0.1) is 0 Å². The minimum atomic E-state index is -0.938. The predicted molar refractivity (Wildman–Crippen MR) is 97.9 cm³/mol. The van der Waals surface area contributed by atoms with Crippen molar-refractivity contribution >= 4 is 23.6 Å². The summed E-state index contributed by atoms with van der Waals surface area (Å²) in [5.74, 6) is -1.50. The number of hydrogen-bond acceptors (Lipinski definition) is 6. The van der Waals surface area contributed by atoms with Gasteiger partial charge in [-0.3, -0.25) is 29.4 Å². The summed E-state index contributed by atoms with van der Waals surface area (Å²) >= 11 is 0. The van der Waals surface area contributed by atoms with Crippen molar-refractivity contribution in [2.45, 2.75) is 32.4 Å². The van der Waals surface area contributed by atoms with E-state index in [0.29, 0.717) is 23.6 Å². The van der Waals surface area contributed by atoms with Gasteiger partial charge in [-0.25, -0.2) is 0 Å². The number of carbonyl (C=O) groups excluding carboxylic acids is 4. The Hall–Kier alpha value is -2.58. The van der Waals surface area contributed by atoms with Crippen molar-refractivity contribution in [3.8, 4) is 0 Å². The fraction of sp³-hybridized carbons (Fsp3) is 0.474. The molecule has 8 heteroatoms. The third-order valence-electron chi connectivity index (χ3n) is 4.92. The van der Waals surface area contributed by atoms with Crippen LogP contribution in [-0.2, 0) is 16.1 Å². The highest BCUT2D eigenvalue weighted by Gasteiger charge is 2.45. The van der Waals surface area contributed by atoms with Crippen LogP contribution in [0.25, 0.3) is 0 Å². The number of nitrogens with zero attached hydrogens (tertiary/aromatic N) is 1. The van der Waals surface area contributed by atoms with Gasteiger partial charge in [0.15, 0.2) is 0 Å². The van der Waals surface area contributed by atoms with Crippen LogP contribution in [0.3, 0.4) is 0 Å². The summed E-state index contributed by atoms with van der Waals surface area (Å²) in [6.45, 7) is 4.21. The number of amides is 4. The summed E-state index contributed by atoms with van der Waals surface area (Å²) < 4.78 is 0. The van der Waals surface area contributed by atoms with Gasteiger partial charge in [0.1, 0.15) is 6.04 Å². The molecule has 1 fully saturated rings. The molecule has 1 aromatic carbocycles. The summed E-state index contributed by atoms with van der Waals surface area (Å²) in [6, 6.07) is 4.22. The van der Waals surface area contributed by atoms with Gasteiger partial charge >= 0.3 is 0 Å². The molecular formula is C19H24N4O4. The third-order valence-corrected chi connectivity index (χ3v) is 4.92. The lowest BCUT2D eigenvalue weighted by atomic mass is 10.0. The van der Waals surface area contributed by atoms with Gasteiger partial charge in [-0.1, -0.05) is 19.1 Å². The lowest BCUT2D eigenvalue weighted by molar-refractivity contribution is -0.136. The summed E-state index contributed by atoms with van der Waals surface area (Å²) in [4.78, 5) is 50.2. The van der Waals surface area contributed by atoms with Gasteiger partial charge in [0, 0.05) is 13.0 Å². The van der Waals surface area contributed by atoms with Gasteiger partial charge in [0.05, 0.1) is 11.1 Å². The van der Waals surface area contributed by atoms with Crippen LogP contribution in [0.2, 0.25) is 0 Å². The average Bonchev–Trinajstić information content (AvgIpc) is 2.87. The maximum absolute atomic E-state index is 13.0. The molecule has 0 bridgehead atoms. The number of imide groups is 2. The first-order valence-corrected chi connectivity index (χ1v) is 9.12. The first-order valence-electron chi connectivity index (χ1n) is 9.12. The van der Waals surface area contributed by atoms with E-state index in [1.165, 1.54) is 0 Å². The van der Waals surface area contributed by atoms with Crippen LogP contribution < -0.4 is 16.0 Å². The van der Waals surface area contributed by atoms with Crippen LogP contribution in [0.15, 0.2) is 18.2 Å². The molecule has 2 heterocycles. The smallest absolute Gasteiger partial charge is 0.262 e. The molecule has 0 spiro atoms. The normalized spacial score (nSPS) is 20.7. The van der Waals surface area contributed by atoms with Crippen molar-refractivity contribution in [1.29, 1.82) is 0 Å². The van der Waals surface area contributed by atoms with Gasteiger partial charge < -0.3 is 10.6 Å². The number of fused-ring (bicyclic) bond motifs is 1. The molecule has 8 nitrogen and oxygen atoms in total. The summed E-state index contributed by atoms with van der Waals surface area (Å²) in [5.41, 5.74) is 1.39. The molecule has 0 aliphatic carbocycles. The molecule has 1 saturated heterocycles. The molecule has 0 aromatic heterocycles. The highest BCUT2D eigenvalue weighted by atomic mass is 16.2. The Bertz CT molecular complexity index is 792. The molecule has 4 amide bonds. The van der Waals surface area contributed by atoms with E-state index in [9.17, 15) is 19.2 Å². The lowest BCUT2D eigenvalue weighted by Gasteiger charge is -2.27. The van der Waals surface area contributed by atoms with Crippen molar-refractivity contribution in [2.75, 3.05) is 20.1 Å². The number of piperidine rings is 1.